The van der Waals surface area contributed by atoms with Gasteiger partial charge in [0, 0.05) is 0 Å². The fourth-order valence-electron chi connectivity index (χ4n) is 2.91. The van der Waals surface area contributed by atoms with Crippen LogP contribution in [0.4, 0.5) is 10.1 Å². The van der Waals surface area contributed by atoms with E-state index in [1.54, 1.807) is 6.92 Å². The first kappa shape index (κ1) is 20.9. The molecule has 146 valence electrons. The van der Waals surface area contributed by atoms with Crippen molar-refractivity contribution in [1.29, 1.82) is 0 Å². The smallest absolute Gasteiger partial charge is 0.244 e. The van der Waals surface area contributed by atoms with Crippen LogP contribution >= 0.6 is 0 Å². The van der Waals surface area contributed by atoms with Gasteiger partial charge in [0.15, 0.2) is 0 Å². The standard InChI is InChI=1S/C20H25FN2O3S/c1-5-18(20(24)22-15(3)16-12-10-14(2)11-13-16)23(27(4,25)26)19-9-7-6-8-17(19)21/h6-13,15,18H,5H2,1-4H3,(H,22,24). The number of amides is 1. The minimum absolute atomic E-state index is 0.134. The van der Waals surface area contributed by atoms with E-state index < -0.39 is 27.8 Å². The Kier molecular flexibility index (Phi) is 6.59. The topological polar surface area (TPSA) is 66.5 Å². The lowest BCUT2D eigenvalue weighted by Crippen LogP contribution is -2.50. The summed E-state index contributed by atoms with van der Waals surface area (Å²) in [6, 6.07) is 11.9. The van der Waals surface area contributed by atoms with E-state index >= 15 is 0 Å². The predicted octanol–water partition coefficient (Wildman–Crippen LogP) is 3.56. The number of nitrogens with one attached hydrogen (secondary N) is 1. The van der Waals surface area contributed by atoms with Gasteiger partial charge in [-0.1, -0.05) is 48.9 Å². The summed E-state index contributed by atoms with van der Waals surface area (Å²) in [5, 5.41) is 2.84. The molecule has 2 rings (SSSR count). The number of rotatable bonds is 7. The van der Waals surface area contributed by atoms with Crippen LogP contribution in [-0.4, -0.2) is 26.6 Å². The van der Waals surface area contributed by atoms with Crippen molar-refractivity contribution in [2.75, 3.05) is 10.6 Å². The highest BCUT2D eigenvalue weighted by atomic mass is 32.2. The molecule has 1 amide bonds. The van der Waals surface area contributed by atoms with Gasteiger partial charge in [-0.2, -0.15) is 0 Å². The van der Waals surface area contributed by atoms with Crippen molar-refractivity contribution < 1.29 is 17.6 Å². The molecular formula is C20H25FN2O3S. The highest BCUT2D eigenvalue weighted by Crippen LogP contribution is 2.26. The van der Waals surface area contributed by atoms with Gasteiger partial charge in [0.05, 0.1) is 18.0 Å². The minimum Gasteiger partial charge on any atom is -0.348 e. The third-order valence-corrected chi connectivity index (χ3v) is 5.52. The van der Waals surface area contributed by atoms with Crippen molar-refractivity contribution >= 4 is 21.6 Å². The number of para-hydroxylation sites is 1. The van der Waals surface area contributed by atoms with Gasteiger partial charge >= 0.3 is 0 Å². The number of sulfonamides is 1. The van der Waals surface area contributed by atoms with Crippen molar-refractivity contribution in [3.63, 3.8) is 0 Å². The summed E-state index contributed by atoms with van der Waals surface area (Å²) in [6.45, 7) is 5.49. The van der Waals surface area contributed by atoms with E-state index in [0.29, 0.717) is 0 Å². The molecule has 27 heavy (non-hydrogen) atoms. The number of hydrogen-bond acceptors (Lipinski definition) is 3. The van der Waals surface area contributed by atoms with Crippen LogP contribution in [0.1, 0.15) is 37.4 Å². The third-order valence-electron chi connectivity index (χ3n) is 4.36. The Bertz CT molecular complexity index is 898. The Morgan fingerprint density at radius 2 is 1.74 bits per heavy atom. The molecule has 0 aliphatic heterocycles. The lowest BCUT2D eigenvalue weighted by Gasteiger charge is -2.31. The van der Waals surface area contributed by atoms with Crippen molar-refractivity contribution in [1.82, 2.24) is 5.32 Å². The second kappa shape index (κ2) is 8.52. The van der Waals surface area contributed by atoms with Gasteiger partial charge in [-0.15, -0.1) is 0 Å². The van der Waals surface area contributed by atoms with E-state index in [1.807, 2.05) is 38.1 Å². The Balaban J connectivity index is 2.32. The molecule has 2 aromatic carbocycles. The van der Waals surface area contributed by atoms with Crippen LogP contribution in [0.5, 0.6) is 0 Å². The van der Waals surface area contributed by atoms with Crippen LogP contribution < -0.4 is 9.62 Å². The van der Waals surface area contributed by atoms with Crippen molar-refractivity contribution in [3.8, 4) is 0 Å². The van der Waals surface area contributed by atoms with Gasteiger partial charge in [-0.05, 0) is 38.0 Å². The minimum atomic E-state index is -3.87. The number of halogens is 1. The van der Waals surface area contributed by atoms with Crippen LogP contribution in [0.2, 0.25) is 0 Å². The predicted molar refractivity (Wildman–Crippen MR) is 106 cm³/mol. The number of nitrogens with zero attached hydrogens (tertiary/aromatic N) is 1. The van der Waals surface area contributed by atoms with Gasteiger partial charge in [0.1, 0.15) is 11.9 Å². The quantitative estimate of drug-likeness (QED) is 0.784. The molecule has 7 heteroatoms. The van der Waals surface area contributed by atoms with Crippen molar-refractivity contribution in [2.24, 2.45) is 0 Å². The number of carbonyl (C=O) groups is 1. The molecule has 0 aliphatic carbocycles. The lowest BCUT2D eigenvalue weighted by atomic mass is 10.1. The Labute approximate surface area is 160 Å². The summed E-state index contributed by atoms with van der Waals surface area (Å²) in [6.07, 6.45) is 1.17. The molecule has 2 atom stereocenters. The van der Waals surface area contributed by atoms with E-state index in [0.717, 1.165) is 21.7 Å². The summed E-state index contributed by atoms with van der Waals surface area (Å²) in [4.78, 5) is 12.9. The summed E-state index contributed by atoms with van der Waals surface area (Å²) in [5.41, 5.74) is 1.87. The van der Waals surface area contributed by atoms with Crippen LogP contribution in [-0.2, 0) is 14.8 Å². The van der Waals surface area contributed by atoms with Gasteiger partial charge in [-0.3, -0.25) is 9.10 Å². The Morgan fingerprint density at radius 3 is 2.26 bits per heavy atom. The molecule has 0 spiro atoms. The summed E-state index contributed by atoms with van der Waals surface area (Å²) >= 11 is 0. The average Bonchev–Trinajstić information content (AvgIpc) is 2.59. The van der Waals surface area contributed by atoms with Crippen molar-refractivity contribution in [3.05, 3.63) is 65.5 Å². The van der Waals surface area contributed by atoms with Gasteiger partial charge in [0.25, 0.3) is 0 Å². The molecule has 0 fully saturated rings. The van der Waals surface area contributed by atoms with Gasteiger partial charge in [-0.25, -0.2) is 12.8 Å². The van der Waals surface area contributed by atoms with Crippen LogP contribution in [0.3, 0.4) is 0 Å². The number of carbonyl (C=O) groups excluding carboxylic acids is 1. The molecule has 0 aliphatic rings. The van der Waals surface area contributed by atoms with E-state index in [-0.39, 0.29) is 18.2 Å². The van der Waals surface area contributed by atoms with Gasteiger partial charge in [0.2, 0.25) is 15.9 Å². The third kappa shape index (κ3) is 5.07. The van der Waals surface area contributed by atoms with Crippen LogP contribution in [0.25, 0.3) is 0 Å². The van der Waals surface area contributed by atoms with Gasteiger partial charge < -0.3 is 5.32 Å². The molecule has 0 bridgehead atoms. The first-order valence-electron chi connectivity index (χ1n) is 8.76. The average molecular weight is 392 g/mol. The van der Waals surface area contributed by atoms with Crippen LogP contribution in [0.15, 0.2) is 48.5 Å². The molecular weight excluding hydrogens is 367 g/mol. The number of anilines is 1. The number of hydrogen-bond donors (Lipinski definition) is 1. The fourth-order valence-corrected chi connectivity index (χ4v) is 4.13. The largest absolute Gasteiger partial charge is 0.348 e. The second-order valence-electron chi connectivity index (χ2n) is 6.58. The lowest BCUT2D eigenvalue weighted by molar-refractivity contribution is -0.122. The molecule has 0 heterocycles. The SMILES string of the molecule is CCC(C(=O)NC(C)c1ccc(C)cc1)N(c1ccccc1F)S(C)(=O)=O. The zero-order valence-corrected chi connectivity index (χ0v) is 16.8. The maximum atomic E-state index is 14.3. The molecule has 0 aromatic heterocycles. The molecule has 5 nitrogen and oxygen atoms in total. The molecule has 0 radical (unpaired) electrons. The highest BCUT2D eigenvalue weighted by molar-refractivity contribution is 7.92. The fraction of sp³-hybridized carbons (Fsp3) is 0.350. The molecule has 1 N–H and O–H groups in total. The second-order valence-corrected chi connectivity index (χ2v) is 8.43. The molecule has 2 unspecified atom stereocenters. The molecule has 0 saturated heterocycles. The molecule has 2 aromatic rings. The first-order valence-corrected chi connectivity index (χ1v) is 10.6. The zero-order chi connectivity index (χ0) is 20.2. The maximum absolute atomic E-state index is 14.3. The first-order chi connectivity index (χ1) is 12.6. The Morgan fingerprint density at radius 1 is 1.15 bits per heavy atom. The summed E-state index contributed by atoms with van der Waals surface area (Å²) in [5.74, 6) is -1.17. The van der Waals surface area contributed by atoms with E-state index in [9.17, 15) is 17.6 Å². The summed E-state index contributed by atoms with van der Waals surface area (Å²) < 4.78 is 39.8. The molecule has 0 saturated carbocycles. The van der Waals surface area contributed by atoms with Crippen LogP contribution in [0, 0.1) is 12.7 Å². The number of aryl methyl sites for hydroxylation is 1. The maximum Gasteiger partial charge on any atom is 0.244 e. The zero-order valence-electron chi connectivity index (χ0n) is 15.9. The van der Waals surface area contributed by atoms with E-state index in [4.69, 9.17) is 0 Å². The monoisotopic (exact) mass is 392 g/mol. The van der Waals surface area contributed by atoms with E-state index in [2.05, 4.69) is 5.32 Å². The summed E-state index contributed by atoms with van der Waals surface area (Å²) in [7, 11) is -3.87. The number of benzene rings is 2. The normalized spacial score (nSPS) is 13.7. The van der Waals surface area contributed by atoms with Crippen molar-refractivity contribution in [2.45, 2.75) is 39.3 Å². The highest BCUT2D eigenvalue weighted by Gasteiger charge is 2.33. The van der Waals surface area contributed by atoms with E-state index in [1.165, 1.54) is 24.3 Å². The Hall–Kier alpha value is -2.41.